The Labute approximate surface area is 252 Å². The molecule has 4 aromatic rings. The molecule has 4 aromatic carbocycles. The van der Waals surface area contributed by atoms with Gasteiger partial charge in [-0.2, -0.15) is 0 Å². The summed E-state index contributed by atoms with van der Waals surface area (Å²) in [6.45, 7) is 0.790. The molecule has 214 valence electrons. The van der Waals surface area contributed by atoms with Crippen LogP contribution in [0.5, 0.6) is 0 Å². The van der Waals surface area contributed by atoms with Gasteiger partial charge in [0, 0.05) is 34.7 Å². The largest absolute Gasteiger partial charge is 0.480 e. The lowest BCUT2D eigenvalue weighted by Crippen LogP contribution is -2.47. The smallest absolute Gasteiger partial charge is 0.411 e. The normalized spacial score (nSPS) is 12.7. The summed E-state index contributed by atoms with van der Waals surface area (Å²) >= 11 is 3.38. The summed E-state index contributed by atoms with van der Waals surface area (Å²) < 4.78 is 6.16. The number of aliphatic carboxylic acids is 1. The first-order valence-corrected chi connectivity index (χ1v) is 14.3. The van der Waals surface area contributed by atoms with Crippen LogP contribution in [0.25, 0.3) is 11.1 Å². The van der Waals surface area contributed by atoms with E-state index in [9.17, 15) is 19.5 Å². The Morgan fingerprint density at radius 3 is 2.17 bits per heavy atom. The third-order valence-corrected chi connectivity index (χ3v) is 7.60. The highest BCUT2D eigenvalue weighted by Gasteiger charge is 2.29. The standard InChI is InChI=1S/C33H30BrN3O5/c1-37(18-21-9-3-2-4-10-21)19-30(32(39)40)36-31(38)22-15-23(34)17-24(16-22)35-33(41)42-20-29-27-13-7-5-11-25(27)26-12-6-8-14-28(26)29/h2-17,29-30H,18-20H2,1H3,(H,35,41)(H,36,38)(H,39,40). The monoisotopic (exact) mass is 627 g/mol. The van der Waals surface area contributed by atoms with Crippen molar-refractivity contribution in [2.45, 2.75) is 18.5 Å². The second-order valence-corrected chi connectivity index (χ2v) is 11.1. The maximum absolute atomic E-state index is 13.1. The van der Waals surface area contributed by atoms with Gasteiger partial charge in [-0.15, -0.1) is 0 Å². The number of halogens is 1. The van der Waals surface area contributed by atoms with Gasteiger partial charge in [-0.05, 0) is 53.1 Å². The van der Waals surface area contributed by atoms with Crippen molar-refractivity contribution in [1.29, 1.82) is 0 Å². The molecule has 1 atom stereocenters. The lowest BCUT2D eigenvalue weighted by Gasteiger charge is -2.22. The van der Waals surface area contributed by atoms with Crippen LogP contribution < -0.4 is 10.6 Å². The zero-order valence-corrected chi connectivity index (χ0v) is 24.5. The molecule has 1 aliphatic rings. The first-order chi connectivity index (χ1) is 20.3. The molecule has 2 amide bonds. The number of nitrogens with zero attached hydrogens (tertiary/aromatic N) is 1. The van der Waals surface area contributed by atoms with Gasteiger partial charge < -0.3 is 15.2 Å². The van der Waals surface area contributed by atoms with E-state index in [1.54, 1.807) is 19.2 Å². The highest BCUT2D eigenvalue weighted by molar-refractivity contribution is 9.10. The SMILES string of the molecule is CN(Cc1ccccc1)CC(NC(=O)c1cc(Br)cc(NC(=O)OCC2c3ccccc3-c3ccccc32)c1)C(=O)O. The van der Waals surface area contributed by atoms with E-state index in [-0.39, 0.29) is 24.6 Å². The van der Waals surface area contributed by atoms with E-state index in [2.05, 4.69) is 38.7 Å². The maximum atomic E-state index is 13.1. The van der Waals surface area contributed by atoms with Crippen LogP contribution in [0, 0.1) is 0 Å². The molecule has 0 spiro atoms. The number of nitrogens with one attached hydrogen (secondary N) is 2. The number of carboxylic acid groups (broad SMARTS) is 1. The molecule has 0 bridgehead atoms. The quantitative estimate of drug-likeness (QED) is 0.195. The number of anilines is 1. The highest BCUT2D eigenvalue weighted by atomic mass is 79.9. The molecule has 3 N–H and O–H groups in total. The van der Waals surface area contributed by atoms with Gasteiger partial charge in [0.2, 0.25) is 0 Å². The van der Waals surface area contributed by atoms with Crippen molar-refractivity contribution < 1.29 is 24.2 Å². The summed E-state index contributed by atoms with van der Waals surface area (Å²) in [6.07, 6.45) is -0.660. The molecule has 0 saturated carbocycles. The number of carboxylic acids is 1. The lowest BCUT2D eigenvalue weighted by atomic mass is 9.98. The molecule has 9 heteroatoms. The Hall–Kier alpha value is -4.47. The number of hydrogen-bond donors (Lipinski definition) is 3. The Morgan fingerprint density at radius 1 is 0.905 bits per heavy atom. The summed E-state index contributed by atoms with van der Waals surface area (Å²) in [5.74, 6) is -1.80. The Bertz CT molecular complexity index is 1570. The number of ether oxygens (including phenoxy) is 1. The molecule has 0 heterocycles. The summed E-state index contributed by atoms with van der Waals surface area (Å²) in [7, 11) is 1.80. The Morgan fingerprint density at radius 2 is 1.52 bits per heavy atom. The molecule has 0 aromatic heterocycles. The lowest BCUT2D eigenvalue weighted by molar-refractivity contribution is -0.139. The van der Waals surface area contributed by atoms with Crippen LogP contribution in [0.4, 0.5) is 10.5 Å². The van der Waals surface area contributed by atoms with Crippen molar-refractivity contribution in [2.75, 3.05) is 25.5 Å². The van der Waals surface area contributed by atoms with Crippen LogP contribution in [-0.4, -0.2) is 54.2 Å². The van der Waals surface area contributed by atoms with Crippen molar-refractivity contribution in [2.24, 2.45) is 0 Å². The third kappa shape index (κ3) is 6.87. The highest BCUT2D eigenvalue weighted by Crippen LogP contribution is 2.44. The molecule has 0 aliphatic heterocycles. The van der Waals surface area contributed by atoms with Gasteiger partial charge in [-0.25, -0.2) is 9.59 Å². The number of carbonyl (C=O) groups excluding carboxylic acids is 2. The average Bonchev–Trinajstić information content (AvgIpc) is 3.29. The van der Waals surface area contributed by atoms with Crippen LogP contribution >= 0.6 is 15.9 Å². The Balaban J connectivity index is 1.21. The number of likely N-dealkylation sites (N-methyl/N-ethyl adjacent to an activating group) is 1. The van der Waals surface area contributed by atoms with Gasteiger partial charge in [0.15, 0.2) is 0 Å². The van der Waals surface area contributed by atoms with E-state index in [1.807, 2.05) is 71.6 Å². The van der Waals surface area contributed by atoms with E-state index in [1.165, 1.54) is 6.07 Å². The van der Waals surface area contributed by atoms with Crippen molar-refractivity contribution in [3.63, 3.8) is 0 Å². The summed E-state index contributed by atoms with van der Waals surface area (Å²) in [4.78, 5) is 39.6. The van der Waals surface area contributed by atoms with Crippen LogP contribution in [0.1, 0.15) is 33.0 Å². The number of fused-ring (bicyclic) bond motifs is 3. The number of rotatable bonds is 10. The topological polar surface area (TPSA) is 108 Å². The fourth-order valence-corrected chi connectivity index (χ4v) is 5.74. The number of benzene rings is 4. The molecular formula is C33H30BrN3O5. The summed E-state index contributed by atoms with van der Waals surface area (Å²) in [5, 5.41) is 15.0. The number of carbonyl (C=O) groups is 3. The summed E-state index contributed by atoms with van der Waals surface area (Å²) in [5.41, 5.74) is 6.04. The van der Waals surface area contributed by atoms with Gasteiger partial charge in [-0.3, -0.25) is 15.0 Å². The second-order valence-electron chi connectivity index (χ2n) is 10.2. The molecule has 1 unspecified atom stereocenters. The molecule has 42 heavy (non-hydrogen) atoms. The molecule has 1 aliphatic carbocycles. The minimum atomic E-state index is -1.14. The van der Waals surface area contributed by atoms with Crippen molar-refractivity contribution in [3.8, 4) is 11.1 Å². The molecule has 0 radical (unpaired) electrons. The van der Waals surface area contributed by atoms with E-state index < -0.39 is 24.0 Å². The third-order valence-electron chi connectivity index (χ3n) is 7.14. The first-order valence-electron chi connectivity index (χ1n) is 13.5. The minimum absolute atomic E-state index is 0.0834. The van der Waals surface area contributed by atoms with Crippen LogP contribution in [0.3, 0.4) is 0 Å². The average molecular weight is 629 g/mol. The zero-order chi connectivity index (χ0) is 29.6. The zero-order valence-electron chi connectivity index (χ0n) is 22.9. The maximum Gasteiger partial charge on any atom is 0.411 e. The summed E-state index contributed by atoms with van der Waals surface area (Å²) in [6, 6.07) is 29.4. The molecule has 0 fully saturated rings. The van der Waals surface area contributed by atoms with Crippen molar-refractivity contribution in [1.82, 2.24) is 10.2 Å². The molecule has 8 nitrogen and oxygen atoms in total. The predicted octanol–water partition coefficient (Wildman–Crippen LogP) is 6.13. The molecule has 5 rings (SSSR count). The first kappa shape index (κ1) is 29.0. The van der Waals surface area contributed by atoms with Gasteiger partial charge in [0.1, 0.15) is 12.6 Å². The van der Waals surface area contributed by atoms with Crippen LogP contribution in [-0.2, 0) is 16.1 Å². The molecular weight excluding hydrogens is 598 g/mol. The molecule has 0 saturated heterocycles. The number of hydrogen-bond acceptors (Lipinski definition) is 5. The number of amides is 2. The van der Waals surface area contributed by atoms with Gasteiger partial charge in [0.25, 0.3) is 5.91 Å². The van der Waals surface area contributed by atoms with Gasteiger partial charge in [0.05, 0.1) is 0 Å². The van der Waals surface area contributed by atoms with E-state index in [0.29, 0.717) is 16.7 Å². The fourth-order valence-electron chi connectivity index (χ4n) is 5.24. The van der Waals surface area contributed by atoms with Crippen molar-refractivity contribution in [3.05, 3.63) is 124 Å². The van der Waals surface area contributed by atoms with Gasteiger partial charge >= 0.3 is 12.1 Å². The van der Waals surface area contributed by atoms with E-state index in [0.717, 1.165) is 27.8 Å². The fraction of sp³-hybridized carbons (Fsp3) is 0.182. The van der Waals surface area contributed by atoms with E-state index >= 15 is 0 Å². The Kier molecular flexibility index (Phi) is 9.00. The van der Waals surface area contributed by atoms with Gasteiger partial charge in [-0.1, -0.05) is 94.8 Å². The van der Waals surface area contributed by atoms with Crippen LogP contribution in [0.2, 0.25) is 0 Å². The minimum Gasteiger partial charge on any atom is -0.480 e. The van der Waals surface area contributed by atoms with E-state index in [4.69, 9.17) is 4.74 Å². The van der Waals surface area contributed by atoms with Crippen LogP contribution in [0.15, 0.2) is 102 Å². The second kappa shape index (κ2) is 13.0. The van der Waals surface area contributed by atoms with Crippen molar-refractivity contribution >= 4 is 39.6 Å². The predicted molar refractivity (Wildman–Crippen MR) is 164 cm³/mol.